The number of carbonyl (C=O) groups excluding carboxylic acids is 1. The summed E-state index contributed by atoms with van der Waals surface area (Å²) >= 11 is 0. The van der Waals surface area contributed by atoms with Gasteiger partial charge in [-0.15, -0.1) is 0 Å². The molecule has 0 aliphatic rings. The van der Waals surface area contributed by atoms with E-state index in [0.717, 1.165) is 5.56 Å². The van der Waals surface area contributed by atoms with Gasteiger partial charge in [0, 0.05) is 12.1 Å². The third kappa shape index (κ3) is 4.75. The average Bonchev–Trinajstić information content (AvgIpc) is 2.65. The van der Waals surface area contributed by atoms with Crippen LogP contribution in [0.15, 0.2) is 36.4 Å². The van der Waals surface area contributed by atoms with Crippen LogP contribution in [0.1, 0.15) is 15.9 Å². The first-order valence-corrected chi connectivity index (χ1v) is 7.60. The molecule has 0 aromatic heterocycles. The van der Waals surface area contributed by atoms with Crippen molar-refractivity contribution in [1.82, 2.24) is 5.32 Å². The van der Waals surface area contributed by atoms with Crippen molar-refractivity contribution >= 4 is 5.91 Å². The van der Waals surface area contributed by atoms with Crippen LogP contribution in [0.3, 0.4) is 0 Å². The molecule has 6 nitrogen and oxygen atoms in total. The number of rotatable bonds is 8. The Bertz CT molecular complexity index is 725. The van der Waals surface area contributed by atoms with Crippen LogP contribution in [0.2, 0.25) is 0 Å². The summed E-state index contributed by atoms with van der Waals surface area (Å²) in [6.45, 7) is -2.66. The molecule has 0 spiro atoms. The lowest BCUT2D eigenvalue weighted by molar-refractivity contribution is -0.0498. The van der Waals surface area contributed by atoms with Crippen LogP contribution in [-0.4, -0.2) is 33.8 Å². The van der Waals surface area contributed by atoms with Gasteiger partial charge < -0.3 is 24.3 Å². The zero-order valence-corrected chi connectivity index (χ0v) is 14.5. The fourth-order valence-corrected chi connectivity index (χ4v) is 2.29. The minimum atomic E-state index is -2.87. The number of hydrogen-bond acceptors (Lipinski definition) is 5. The summed E-state index contributed by atoms with van der Waals surface area (Å²) in [6, 6.07) is 9.08. The smallest absolute Gasteiger partial charge is 0.387 e. The van der Waals surface area contributed by atoms with Crippen LogP contribution in [0, 0.1) is 0 Å². The first kappa shape index (κ1) is 19.3. The Morgan fingerprint density at radius 3 is 2.04 bits per heavy atom. The van der Waals surface area contributed by atoms with Crippen LogP contribution in [0.4, 0.5) is 8.78 Å². The lowest BCUT2D eigenvalue weighted by Crippen LogP contribution is -2.23. The Balaban J connectivity index is 2.08. The van der Waals surface area contributed by atoms with E-state index in [2.05, 4.69) is 10.1 Å². The molecular formula is C18H19F2NO5. The molecule has 0 bridgehead atoms. The molecule has 8 heteroatoms. The molecular weight excluding hydrogens is 348 g/mol. The van der Waals surface area contributed by atoms with E-state index in [1.54, 1.807) is 12.1 Å². The molecule has 0 radical (unpaired) electrons. The molecule has 0 aliphatic heterocycles. The molecule has 0 aliphatic carbocycles. The van der Waals surface area contributed by atoms with Crippen LogP contribution in [0.5, 0.6) is 23.0 Å². The summed E-state index contributed by atoms with van der Waals surface area (Å²) < 4.78 is 44.2. The zero-order chi connectivity index (χ0) is 19.1. The SMILES string of the molecule is COc1cc(C(=O)NCc2ccc(OC(F)F)cc2)cc(OC)c1OC. The zero-order valence-electron chi connectivity index (χ0n) is 14.5. The Labute approximate surface area is 149 Å². The number of amides is 1. The molecule has 1 N–H and O–H groups in total. The van der Waals surface area contributed by atoms with E-state index in [0.29, 0.717) is 22.8 Å². The molecule has 0 saturated heterocycles. The van der Waals surface area contributed by atoms with E-state index in [-0.39, 0.29) is 18.2 Å². The van der Waals surface area contributed by atoms with Gasteiger partial charge in [0.2, 0.25) is 5.75 Å². The first-order valence-electron chi connectivity index (χ1n) is 7.60. The lowest BCUT2D eigenvalue weighted by Gasteiger charge is -2.14. The second-order valence-electron chi connectivity index (χ2n) is 5.12. The highest BCUT2D eigenvalue weighted by Gasteiger charge is 2.16. The summed E-state index contributed by atoms with van der Waals surface area (Å²) in [5.74, 6) is 0.828. The van der Waals surface area contributed by atoms with Crippen molar-refractivity contribution in [1.29, 1.82) is 0 Å². The number of carbonyl (C=O) groups is 1. The summed E-state index contributed by atoms with van der Waals surface area (Å²) in [5.41, 5.74) is 1.06. The molecule has 0 fully saturated rings. The number of benzene rings is 2. The Morgan fingerprint density at radius 2 is 1.58 bits per heavy atom. The number of ether oxygens (including phenoxy) is 4. The molecule has 2 aromatic carbocycles. The van der Waals surface area contributed by atoms with Crippen LogP contribution in [0.25, 0.3) is 0 Å². The predicted octanol–water partition coefficient (Wildman–Crippen LogP) is 3.24. The van der Waals surface area contributed by atoms with Crippen molar-refractivity contribution in [3.8, 4) is 23.0 Å². The van der Waals surface area contributed by atoms with E-state index >= 15 is 0 Å². The van der Waals surface area contributed by atoms with Gasteiger partial charge in [0.1, 0.15) is 5.75 Å². The van der Waals surface area contributed by atoms with Gasteiger partial charge in [-0.25, -0.2) is 0 Å². The normalized spacial score (nSPS) is 10.4. The molecule has 140 valence electrons. The van der Waals surface area contributed by atoms with Crippen molar-refractivity contribution < 1.29 is 32.5 Å². The fourth-order valence-electron chi connectivity index (χ4n) is 2.29. The van der Waals surface area contributed by atoms with Gasteiger partial charge in [-0.3, -0.25) is 4.79 Å². The second kappa shape index (κ2) is 8.89. The molecule has 2 aromatic rings. The monoisotopic (exact) mass is 367 g/mol. The van der Waals surface area contributed by atoms with Gasteiger partial charge in [0.15, 0.2) is 11.5 Å². The summed E-state index contributed by atoms with van der Waals surface area (Å²) in [5, 5.41) is 2.74. The standard InChI is InChI=1S/C18H19F2NO5/c1-23-14-8-12(9-15(24-2)16(14)25-3)17(22)21-10-11-4-6-13(7-5-11)26-18(19)20/h4-9,18H,10H2,1-3H3,(H,21,22). The minimum Gasteiger partial charge on any atom is -0.493 e. The third-order valence-corrected chi connectivity index (χ3v) is 3.53. The third-order valence-electron chi connectivity index (χ3n) is 3.53. The highest BCUT2D eigenvalue weighted by molar-refractivity contribution is 5.95. The van der Waals surface area contributed by atoms with Crippen LogP contribution >= 0.6 is 0 Å². The van der Waals surface area contributed by atoms with Crippen LogP contribution in [-0.2, 0) is 6.54 Å². The number of methoxy groups -OCH3 is 3. The van der Waals surface area contributed by atoms with E-state index in [1.807, 2.05) is 0 Å². The number of hydrogen-bond donors (Lipinski definition) is 1. The maximum atomic E-state index is 12.4. The van der Waals surface area contributed by atoms with E-state index in [4.69, 9.17) is 14.2 Å². The average molecular weight is 367 g/mol. The predicted molar refractivity (Wildman–Crippen MR) is 90.3 cm³/mol. The van der Waals surface area contributed by atoms with Crippen molar-refractivity contribution in [3.05, 3.63) is 47.5 Å². The number of alkyl halides is 2. The van der Waals surface area contributed by atoms with Crippen molar-refractivity contribution in [2.75, 3.05) is 21.3 Å². The molecule has 26 heavy (non-hydrogen) atoms. The highest BCUT2D eigenvalue weighted by atomic mass is 19.3. The first-order chi connectivity index (χ1) is 12.5. The van der Waals surface area contributed by atoms with Gasteiger partial charge in [-0.05, 0) is 29.8 Å². The highest BCUT2D eigenvalue weighted by Crippen LogP contribution is 2.38. The lowest BCUT2D eigenvalue weighted by atomic mass is 10.1. The second-order valence-corrected chi connectivity index (χ2v) is 5.12. The summed E-state index contributed by atoms with van der Waals surface area (Å²) in [4.78, 5) is 12.4. The molecule has 0 saturated carbocycles. The molecule has 2 rings (SSSR count). The Kier molecular flexibility index (Phi) is 6.60. The molecule has 0 unspecified atom stereocenters. The van der Waals surface area contributed by atoms with Gasteiger partial charge in [-0.1, -0.05) is 12.1 Å². The van der Waals surface area contributed by atoms with Gasteiger partial charge >= 0.3 is 6.61 Å². The molecule has 0 atom stereocenters. The quantitative estimate of drug-likeness (QED) is 0.776. The van der Waals surface area contributed by atoms with Crippen LogP contribution < -0.4 is 24.3 Å². The fraction of sp³-hybridized carbons (Fsp3) is 0.278. The number of nitrogens with one attached hydrogen (secondary N) is 1. The maximum Gasteiger partial charge on any atom is 0.387 e. The van der Waals surface area contributed by atoms with Crippen molar-refractivity contribution in [2.24, 2.45) is 0 Å². The topological polar surface area (TPSA) is 66.0 Å². The van der Waals surface area contributed by atoms with E-state index < -0.39 is 6.61 Å². The molecule has 0 heterocycles. The summed E-state index contributed by atoms with van der Waals surface area (Å²) in [7, 11) is 4.39. The van der Waals surface area contributed by atoms with E-state index in [1.165, 1.54) is 45.6 Å². The van der Waals surface area contributed by atoms with Gasteiger partial charge in [0.05, 0.1) is 21.3 Å². The Morgan fingerprint density at radius 1 is 1.00 bits per heavy atom. The van der Waals surface area contributed by atoms with Crippen molar-refractivity contribution in [3.63, 3.8) is 0 Å². The van der Waals surface area contributed by atoms with Gasteiger partial charge in [-0.2, -0.15) is 8.78 Å². The Hall–Kier alpha value is -3.03. The molecule has 1 amide bonds. The largest absolute Gasteiger partial charge is 0.493 e. The maximum absolute atomic E-state index is 12.4. The van der Waals surface area contributed by atoms with E-state index in [9.17, 15) is 13.6 Å². The minimum absolute atomic E-state index is 0.0553. The van der Waals surface area contributed by atoms with Gasteiger partial charge in [0.25, 0.3) is 5.91 Å². The summed E-state index contributed by atoms with van der Waals surface area (Å²) in [6.07, 6.45) is 0. The number of halogens is 2. The van der Waals surface area contributed by atoms with Crippen molar-refractivity contribution in [2.45, 2.75) is 13.2 Å².